The van der Waals surface area contributed by atoms with Gasteiger partial charge in [-0.05, 0) is 37.3 Å². The van der Waals surface area contributed by atoms with Gasteiger partial charge in [-0.2, -0.15) is 9.78 Å². The molecule has 142 valence electrons. The van der Waals surface area contributed by atoms with Crippen molar-refractivity contribution >= 4 is 5.69 Å². The van der Waals surface area contributed by atoms with Crippen LogP contribution in [0.3, 0.4) is 0 Å². The van der Waals surface area contributed by atoms with E-state index in [4.69, 9.17) is 10.2 Å². The molecule has 9 heteroatoms. The van der Waals surface area contributed by atoms with Gasteiger partial charge in [0.15, 0.2) is 0 Å². The molecule has 0 amide bonds. The topological polar surface area (TPSA) is 82.8 Å². The van der Waals surface area contributed by atoms with Crippen LogP contribution in [-0.2, 0) is 6.30 Å². The van der Waals surface area contributed by atoms with Gasteiger partial charge in [-0.15, -0.1) is 23.4 Å². The van der Waals surface area contributed by atoms with Crippen molar-refractivity contribution in [2.75, 3.05) is 5.73 Å². The van der Waals surface area contributed by atoms with Gasteiger partial charge in [0.2, 0.25) is 11.8 Å². The molecule has 0 atom stereocenters. The SMILES string of the molecule is Cc1cc(-c2ccccc2-c2nnc(-c3cccc(N)c3)o2)n(C(F)(F)F)n1. The third-order valence-electron chi connectivity index (χ3n) is 4.06. The molecular weight excluding hydrogens is 371 g/mol. The smallest absolute Gasteiger partial charge is 0.416 e. The maximum Gasteiger partial charge on any atom is 0.505 e. The number of anilines is 1. The van der Waals surface area contributed by atoms with Crippen LogP contribution in [0.25, 0.3) is 34.2 Å². The number of aromatic nitrogens is 4. The molecule has 28 heavy (non-hydrogen) atoms. The highest BCUT2D eigenvalue weighted by atomic mass is 19.4. The van der Waals surface area contributed by atoms with Crippen LogP contribution in [0.1, 0.15) is 5.69 Å². The number of benzene rings is 2. The van der Waals surface area contributed by atoms with Gasteiger partial charge in [0.25, 0.3) is 0 Å². The number of nitrogens with two attached hydrogens (primary N) is 1. The predicted octanol–water partition coefficient (Wildman–Crippen LogP) is 4.63. The molecule has 4 aromatic rings. The fourth-order valence-corrected chi connectivity index (χ4v) is 2.90. The van der Waals surface area contributed by atoms with Gasteiger partial charge in [0.05, 0.1) is 11.4 Å². The lowest BCUT2D eigenvalue weighted by Gasteiger charge is -2.12. The molecule has 0 aliphatic carbocycles. The summed E-state index contributed by atoms with van der Waals surface area (Å²) in [5, 5.41) is 11.6. The Labute approximate surface area is 157 Å². The molecule has 0 unspecified atom stereocenters. The first-order valence-electron chi connectivity index (χ1n) is 8.26. The van der Waals surface area contributed by atoms with Crippen molar-refractivity contribution < 1.29 is 17.6 Å². The summed E-state index contributed by atoms with van der Waals surface area (Å²) in [5.74, 6) is 0.318. The number of halogens is 3. The Balaban J connectivity index is 1.83. The number of hydrogen-bond acceptors (Lipinski definition) is 5. The van der Waals surface area contributed by atoms with Crippen molar-refractivity contribution in [2.24, 2.45) is 0 Å². The molecular formula is C19H14F3N5O. The first kappa shape index (κ1) is 17.8. The monoisotopic (exact) mass is 385 g/mol. The largest absolute Gasteiger partial charge is 0.505 e. The maximum absolute atomic E-state index is 13.4. The van der Waals surface area contributed by atoms with Crippen LogP contribution in [0, 0.1) is 6.92 Å². The summed E-state index contributed by atoms with van der Waals surface area (Å²) < 4.78 is 45.9. The fourth-order valence-electron chi connectivity index (χ4n) is 2.90. The van der Waals surface area contributed by atoms with E-state index in [1.54, 1.807) is 48.5 Å². The Morgan fingerprint density at radius 2 is 1.64 bits per heavy atom. The number of nitrogens with zero attached hydrogens (tertiary/aromatic N) is 4. The molecule has 2 heterocycles. The Morgan fingerprint density at radius 3 is 2.36 bits per heavy atom. The van der Waals surface area contributed by atoms with Gasteiger partial charge in [-0.3, -0.25) is 0 Å². The molecule has 2 N–H and O–H groups in total. The zero-order valence-electron chi connectivity index (χ0n) is 14.6. The highest BCUT2D eigenvalue weighted by molar-refractivity contribution is 5.78. The van der Waals surface area contributed by atoms with Gasteiger partial charge in [0.1, 0.15) is 0 Å². The first-order chi connectivity index (χ1) is 13.3. The van der Waals surface area contributed by atoms with E-state index in [-0.39, 0.29) is 33.4 Å². The van der Waals surface area contributed by atoms with Crippen molar-refractivity contribution in [2.45, 2.75) is 13.2 Å². The van der Waals surface area contributed by atoms with Crippen LogP contribution < -0.4 is 5.73 Å². The van der Waals surface area contributed by atoms with Crippen LogP contribution in [0.4, 0.5) is 18.9 Å². The Hall–Kier alpha value is -3.62. The number of aryl methyl sites for hydroxylation is 1. The van der Waals surface area contributed by atoms with Crippen molar-refractivity contribution in [3.8, 4) is 34.2 Å². The highest BCUT2D eigenvalue weighted by Crippen LogP contribution is 2.36. The zero-order chi connectivity index (χ0) is 19.9. The molecule has 0 fully saturated rings. The van der Waals surface area contributed by atoms with Gasteiger partial charge < -0.3 is 10.2 Å². The molecule has 0 radical (unpaired) electrons. The zero-order valence-corrected chi connectivity index (χ0v) is 14.6. The Bertz CT molecular complexity index is 1150. The summed E-state index contributed by atoms with van der Waals surface area (Å²) in [5.41, 5.74) is 7.70. The molecule has 0 saturated carbocycles. The highest BCUT2D eigenvalue weighted by Gasteiger charge is 2.35. The Morgan fingerprint density at radius 1 is 0.929 bits per heavy atom. The van der Waals surface area contributed by atoms with Crippen LogP contribution in [0.5, 0.6) is 0 Å². The van der Waals surface area contributed by atoms with Crippen LogP contribution in [0.15, 0.2) is 59.0 Å². The van der Waals surface area contributed by atoms with Gasteiger partial charge >= 0.3 is 6.30 Å². The van der Waals surface area contributed by atoms with Gasteiger partial charge in [-0.1, -0.05) is 24.3 Å². The second-order valence-corrected chi connectivity index (χ2v) is 6.13. The number of alkyl halides is 3. The number of nitrogen functional groups attached to an aromatic ring is 1. The molecule has 4 rings (SSSR count). The minimum absolute atomic E-state index is 0.0380. The average Bonchev–Trinajstić information content (AvgIpc) is 3.28. The maximum atomic E-state index is 13.4. The molecule has 2 aromatic heterocycles. The quantitative estimate of drug-likeness (QED) is 0.520. The molecule has 2 aromatic carbocycles. The molecule has 0 spiro atoms. The normalized spacial score (nSPS) is 11.7. The molecule has 0 saturated heterocycles. The van der Waals surface area contributed by atoms with Crippen LogP contribution >= 0.6 is 0 Å². The van der Waals surface area contributed by atoms with E-state index in [1.165, 1.54) is 13.0 Å². The lowest BCUT2D eigenvalue weighted by Crippen LogP contribution is -2.19. The average molecular weight is 385 g/mol. The van der Waals surface area contributed by atoms with E-state index >= 15 is 0 Å². The molecule has 0 bridgehead atoms. The van der Waals surface area contributed by atoms with E-state index < -0.39 is 6.30 Å². The lowest BCUT2D eigenvalue weighted by atomic mass is 10.0. The summed E-state index contributed by atoms with van der Waals surface area (Å²) in [6.45, 7) is 1.50. The van der Waals surface area contributed by atoms with Crippen LogP contribution in [0.2, 0.25) is 0 Å². The minimum Gasteiger partial charge on any atom is -0.416 e. The summed E-state index contributed by atoms with van der Waals surface area (Å²) in [6, 6.07) is 14.7. The standard InChI is InChI=1S/C19H14F3N5O/c1-11-9-16(27(26-11)19(20,21)22)14-7-2-3-8-15(14)18-25-24-17(28-18)12-5-4-6-13(23)10-12/h2-10H,23H2,1H3. The molecule has 6 nitrogen and oxygen atoms in total. The van der Waals surface area contributed by atoms with Gasteiger partial charge in [-0.25, -0.2) is 0 Å². The summed E-state index contributed by atoms with van der Waals surface area (Å²) in [7, 11) is 0. The summed E-state index contributed by atoms with van der Waals surface area (Å²) in [6.07, 6.45) is -4.65. The second-order valence-electron chi connectivity index (χ2n) is 6.13. The van der Waals surface area contributed by atoms with Crippen molar-refractivity contribution in [3.63, 3.8) is 0 Å². The summed E-state index contributed by atoms with van der Waals surface area (Å²) >= 11 is 0. The van der Waals surface area contributed by atoms with Crippen molar-refractivity contribution in [3.05, 3.63) is 60.3 Å². The third kappa shape index (κ3) is 3.22. The minimum atomic E-state index is -4.65. The molecule has 0 aliphatic heterocycles. The molecule has 0 aliphatic rings. The van der Waals surface area contributed by atoms with E-state index in [9.17, 15) is 13.2 Å². The number of rotatable bonds is 3. The van der Waals surface area contributed by atoms with E-state index in [1.807, 2.05) is 0 Å². The fraction of sp³-hybridized carbons (Fsp3) is 0.105. The van der Waals surface area contributed by atoms with Crippen LogP contribution in [-0.4, -0.2) is 20.0 Å². The van der Waals surface area contributed by atoms with Crippen molar-refractivity contribution in [1.29, 1.82) is 0 Å². The lowest BCUT2D eigenvalue weighted by molar-refractivity contribution is -0.211. The van der Waals surface area contributed by atoms with Gasteiger partial charge in [0, 0.05) is 22.4 Å². The first-order valence-corrected chi connectivity index (χ1v) is 8.26. The Kier molecular flexibility index (Phi) is 4.14. The third-order valence-corrected chi connectivity index (χ3v) is 4.06. The second kappa shape index (κ2) is 6.52. The van der Waals surface area contributed by atoms with E-state index in [0.717, 1.165) is 0 Å². The number of hydrogen-bond donors (Lipinski definition) is 1. The van der Waals surface area contributed by atoms with E-state index in [0.29, 0.717) is 16.8 Å². The predicted molar refractivity (Wildman–Crippen MR) is 96.8 cm³/mol. The van der Waals surface area contributed by atoms with Crippen molar-refractivity contribution in [1.82, 2.24) is 20.0 Å². The summed E-state index contributed by atoms with van der Waals surface area (Å²) in [4.78, 5) is 0. The van der Waals surface area contributed by atoms with E-state index in [2.05, 4.69) is 15.3 Å².